The van der Waals surface area contributed by atoms with Crippen LogP contribution >= 0.6 is 0 Å². The summed E-state index contributed by atoms with van der Waals surface area (Å²) in [5.74, 6) is -0.486. The molecule has 3 aromatic carbocycles. The molecule has 0 aliphatic carbocycles. The molecule has 0 radical (unpaired) electrons. The van der Waals surface area contributed by atoms with Crippen LogP contribution in [0.15, 0.2) is 82.1 Å². The number of rotatable bonds is 9. The van der Waals surface area contributed by atoms with E-state index in [1.54, 1.807) is 26.0 Å². The molecule has 0 bridgehead atoms. The second kappa shape index (κ2) is 9.67. The highest BCUT2D eigenvalue weighted by molar-refractivity contribution is 7.92. The first-order valence-corrected chi connectivity index (χ1v) is 13.2. The molecule has 36 heavy (non-hydrogen) atoms. The molecular formula is C27H27N3O5S. The first kappa shape index (κ1) is 23.9. The Labute approximate surface area is 210 Å². The van der Waals surface area contributed by atoms with Gasteiger partial charge in [0.1, 0.15) is 12.3 Å². The fraction of sp³-hybridized carbons (Fsp3) is 0.222. The molecular weight excluding hydrogens is 478 g/mol. The molecule has 9 heteroatoms. The van der Waals surface area contributed by atoms with Gasteiger partial charge in [-0.25, -0.2) is 18.6 Å². The third-order valence-electron chi connectivity index (χ3n) is 6.16. The fourth-order valence-corrected chi connectivity index (χ4v) is 5.74. The molecule has 0 spiro atoms. The number of nitrogens with zero attached hydrogens (tertiary/aromatic N) is 2. The summed E-state index contributed by atoms with van der Waals surface area (Å²) >= 11 is 0. The number of ether oxygens (including phenoxy) is 1. The van der Waals surface area contributed by atoms with E-state index >= 15 is 0 Å². The summed E-state index contributed by atoms with van der Waals surface area (Å²) in [6.45, 7) is 4.57. The van der Waals surface area contributed by atoms with E-state index in [0.29, 0.717) is 35.3 Å². The van der Waals surface area contributed by atoms with E-state index in [1.165, 1.54) is 10.4 Å². The van der Waals surface area contributed by atoms with Crippen LogP contribution in [-0.2, 0) is 21.2 Å². The van der Waals surface area contributed by atoms with Gasteiger partial charge in [-0.3, -0.25) is 9.31 Å². The molecule has 2 heterocycles. The van der Waals surface area contributed by atoms with Gasteiger partial charge < -0.3 is 9.15 Å². The zero-order chi connectivity index (χ0) is 25.3. The van der Waals surface area contributed by atoms with Gasteiger partial charge in [0.15, 0.2) is 0 Å². The number of sulfonamides is 1. The van der Waals surface area contributed by atoms with Crippen LogP contribution in [0.2, 0.25) is 0 Å². The number of carbonyl (C=O) groups is 1. The minimum absolute atomic E-state index is 0.0836. The monoisotopic (exact) mass is 505 g/mol. The van der Waals surface area contributed by atoms with Crippen molar-refractivity contribution in [3.63, 3.8) is 0 Å². The van der Waals surface area contributed by atoms with Crippen molar-refractivity contribution >= 4 is 38.3 Å². The van der Waals surface area contributed by atoms with Crippen molar-refractivity contribution in [3.8, 4) is 0 Å². The Morgan fingerprint density at radius 2 is 1.81 bits per heavy atom. The molecule has 1 aromatic heterocycles. The van der Waals surface area contributed by atoms with Gasteiger partial charge in [0.25, 0.3) is 10.0 Å². The predicted octanol–water partition coefficient (Wildman–Crippen LogP) is 4.64. The number of benzene rings is 3. The van der Waals surface area contributed by atoms with E-state index in [0.717, 1.165) is 11.3 Å². The van der Waals surface area contributed by atoms with Gasteiger partial charge in [-0.15, -0.1) is 0 Å². The number of hydrazine groups is 1. The molecule has 8 nitrogen and oxygen atoms in total. The summed E-state index contributed by atoms with van der Waals surface area (Å²) in [5, 5.41) is 2.46. The molecule has 1 aliphatic rings. The number of carbonyl (C=O) groups excluding carboxylic acids is 1. The van der Waals surface area contributed by atoms with Gasteiger partial charge >= 0.3 is 5.97 Å². The quantitative estimate of drug-likeness (QED) is 0.261. The third kappa shape index (κ3) is 4.55. The second-order valence-corrected chi connectivity index (χ2v) is 10.3. The molecule has 0 amide bonds. The molecule has 1 aliphatic heterocycles. The summed E-state index contributed by atoms with van der Waals surface area (Å²) in [6.07, 6.45) is 0.543. The number of furan rings is 1. The standard InChI is InChI=1S/C27H27N3O5S/c1-3-34-27(31)26-19(2)22-17-21(13-14-25(22)35-26)36(32,33)30(16-15-20-9-5-4-6-10-20)24-12-8-7-11-23(24)29-18-28-29/h4-14,17,28H,3,15-16,18H2,1-2H3. The van der Waals surface area contributed by atoms with Gasteiger partial charge in [-0.1, -0.05) is 42.5 Å². The van der Waals surface area contributed by atoms with Crippen molar-refractivity contribution in [1.29, 1.82) is 0 Å². The normalized spacial score (nSPS) is 13.1. The van der Waals surface area contributed by atoms with Gasteiger partial charge in [-0.05, 0) is 56.2 Å². The maximum absolute atomic E-state index is 14.1. The third-order valence-corrected chi connectivity index (χ3v) is 7.97. The van der Waals surface area contributed by atoms with Crippen molar-refractivity contribution < 1.29 is 22.4 Å². The van der Waals surface area contributed by atoms with Crippen LogP contribution in [0.1, 0.15) is 28.6 Å². The number of esters is 1. The minimum atomic E-state index is -3.96. The fourth-order valence-electron chi connectivity index (χ4n) is 4.23. The highest BCUT2D eigenvalue weighted by Gasteiger charge is 2.31. The van der Waals surface area contributed by atoms with Crippen LogP contribution in [0.5, 0.6) is 0 Å². The molecule has 0 atom stereocenters. The molecule has 5 rings (SSSR count). The predicted molar refractivity (Wildman–Crippen MR) is 139 cm³/mol. The molecule has 186 valence electrons. The van der Waals surface area contributed by atoms with Crippen LogP contribution in [0.3, 0.4) is 0 Å². The number of fused-ring (bicyclic) bond motifs is 1. The molecule has 4 aromatic rings. The lowest BCUT2D eigenvalue weighted by Gasteiger charge is -2.27. The minimum Gasteiger partial charge on any atom is -0.460 e. The summed E-state index contributed by atoms with van der Waals surface area (Å²) in [6, 6.07) is 21.9. The van der Waals surface area contributed by atoms with E-state index in [2.05, 4.69) is 5.43 Å². The summed E-state index contributed by atoms with van der Waals surface area (Å²) < 4.78 is 40.5. The van der Waals surface area contributed by atoms with Gasteiger partial charge in [0, 0.05) is 17.5 Å². The van der Waals surface area contributed by atoms with Crippen molar-refractivity contribution in [2.75, 3.05) is 29.1 Å². The first-order valence-electron chi connectivity index (χ1n) is 11.8. The summed E-state index contributed by atoms with van der Waals surface area (Å²) in [5.41, 5.74) is 6.52. The van der Waals surface area contributed by atoms with Gasteiger partial charge in [-0.2, -0.15) is 0 Å². The molecule has 1 fully saturated rings. The van der Waals surface area contributed by atoms with Gasteiger partial charge in [0.2, 0.25) is 5.76 Å². The van der Waals surface area contributed by atoms with E-state index in [1.807, 2.05) is 59.6 Å². The number of aryl methyl sites for hydroxylation is 1. The van der Waals surface area contributed by atoms with Crippen LogP contribution < -0.4 is 14.7 Å². The Bertz CT molecular complexity index is 1510. The molecule has 0 unspecified atom stereocenters. The maximum atomic E-state index is 14.1. The van der Waals surface area contributed by atoms with E-state index in [4.69, 9.17) is 9.15 Å². The van der Waals surface area contributed by atoms with E-state index < -0.39 is 16.0 Å². The topological polar surface area (TPSA) is 102 Å². The second-order valence-electron chi connectivity index (χ2n) is 8.48. The van der Waals surface area contributed by atoms with E-state index in [9.17, 15) is 13.2 Å². The van der Waals surface area contributed by atoms with Crippen molar-refractivity contribution in [2.24, 2.45) is 0 Å². The Balaban J connectivity index is 1.57. The number of nitrogens with one attached hydrogen (secondary N) is 1. The Kier molecular flexibility index (Phi) is 6.42. The number of para-hydroxylation sites is 2. The van der Waals surface area contributed by atoms with Crippen molar-refractivity contribution in [2.45, 2.75) is 25.2 Å². The lowest BCUT2D eigenvalue weighted by molar-refractivity contribution is 0.0491. The van der Waals surface area contributed by atoms with Crippen molar-refractivity contribution in [1.82, 2.24) is 5.43 Å². The number of hydrogen-bond donors (Lipinski definition) is 1. The zero-order valence-corrected chi connectivity index (χ0v) is 20.9. The smallest absolute Gasteiger partial charge is 0.374 e. The van der Waals surface area contributed by atoms with Gasteiger partial charge in [0.05, 0.1) is 22.9 Å². The van der Waals surface area contributed by atoms with E-state index in [-0.39, 0.29) is 23.8 Å². The van der Waals surface area contributed by atoms with Crippen LogP contribution in [-0.4, -0.2) is 34.2 Å². The van der Waals surface area contributed by atoms with Crippen LogP contribution in [0.4, 0.5) is 11.4 Å². The largest absolute Gasteiger partial charge is 0.460 e. The number of hydrogen-bond acceptors (Lipinski definition) is 7. The van der Waals surface area contributed by atoms with Crippen LogP contribution in [0, 0.1) is 6.92 Å². The zero-order valence-electron chi connectivity index (χ0n) is 20.1. The van der Waals surface area contributed by atoms with Crippen LogP contribution in [0.25, 0.3) is 11.0 Å². The highest BCUT2D eigenvalue weighted by atomic mass is 32.2. The first-order chi connectivity index (χ1) is 17.4. The Morgan fingerprint density at radius 3 is 2.53 bits per heavy atom. The lowest BCUT2D eigenvalue weighted by Crippen LogP contribution is -2.33. The average Bonchev–Trinajstić information content (AvgIpc) is 3.68. The number of anilines is 2. The molecule has 1 N–H and O–H groups in total. The molecule has 0 saturated carbocycles. The SMILES string of the molecule is CCOC(=O)c1oc2ccc(S(=O)(=O)N(CCc3ccccc3)c3ccccc3N3CN3)cc2c1C. The highest BCUT2D eigenvalue weighted by Crippen LogP contribution is 2.36. The van der Waals surface area contributed by atoms with Crippen molar-refractivity contribution in [3.05, 3.63) is 89.7 Å². The Morgan fingerprint density at radius 1 is 1.08 bits per heavy atom. The summed E-state index contributed by atoms with van der Waals surface area (Å²) in [4.78, 5) is 12.4. The lowest BCUT2D eigenvalue weighted by atomic mass is 10.1. The summed E-state index contributed by atoms with van der Waals surface area (Å²) in [7, 11) is -3.96. The molecule has 1 saturated heterocycles. The average molecular weight is 506 g/mol. The maximum Gasteiger partial charge on any atom is 0.374 e. The Hall–Kier alpha value is -3.82.